The fourth-order valence-electron chi connectivity index (χ4n) is 1.99. The highest BCUT2D eigenvalue weighted by atomic mass is 79.9. The van der Waals surface area contributed by atoms with Crippen molar-refractivity contribution in [1.29, 1.82) is 0 Å². The molecular formula is C15H16BrNO4S2. The van der Waals surface area contributed by atoms with Crippen LogP contribution in [-0.4, -0.2) is 47.1 Å². The molecule has 5 nitrogen and oxygen atoms in total. The summed E-state index contributed by atoms with van der Waals surface area (Å²) in [6, 6.07) is 3.40. The van der Waals surface area contributed by atoms with Crippen molar-refractivity contribution in [3.8, 4) is 11.5 Å². The van der Waals surface area contributed by atoms with E-state index in [9.17, 15) is 9.90 Å². The maximum Gasteiger partial charge on any atom is 0.266 e. The number of halogens is 1. The van der Waals surface area contributed by atoms with Crippen LogP contribution in [0.1, 0.15) is 12.5 Å². The molecule has 0 aromatic heterocycles. The Morgan fingerprint density at radius 1 is 1.48 bits per heavy atom. The lowest BCUT2D eigenvalue weighted by Crippen LogP contribution is -2.31. The average Bonchev–Trinajstić information content (AvgIpc) is 2.76. The molecular weight excluding hydrogens is 402 g/mol. The summed E-state index contributed by atoms with van der Waals surface area (Å²) in [7, 11) is 1.57. The van der Waals surface area contributed by atoms with Crippen molar-refractivity contribution >= 4 is 56.2 Å². The summed E-state index contributed by atoms with van der Waals surface area (Å²) in [5, 5.41) is 10.3. The van der Waals surface area contributed by atoms with Crippen LogP contribution in [0.2, 0.25) is 0 Å². The van der Waals surface area contributed by atoms with E-state index in [0.717, 1.165) is 4.47 Å². The smallest absolute Gasteiger partial charge is 0.266 e. The van der Waals surface area contributed by atoms with Gasteiger partial charge in [-0.15, -0.1) is 0 Å². The number of phenols is 1. The highest BCUT2D eigenvalue weighted by molar-refractivity contribution is 9.10. The zero-order valence-electron chi connectivity index (χ0n) is 12.7. The summed E-state index contributed by atoms with van der Waals surface area (Å²) in [5.41, 5.74) is 0.495. The van der Waals surface area contributed by atoms with Gasteiger partial charge in [-0.2, -0.15) is 0 Å². The molecule has 124 valence electrons. The maximum atomic E-state index is 12.4. The summed E-state index contributed by atoms with van der Waals surface area (Å²) < 4.78 is 11.6. The van der Waals surface area contributed by atoms with E-state index in [1.807, 2.05) is 6.92 Å². The Labute approximate surface area is 152 Å². The normalized spacial score (nSPS) is 16.5. The molecule has 0 spiro atoms. The quantitative estimate of drug-likeness (QED) is 0.565. The number of hydrogen-bond acceptors (Lipinski definition) is 6. The van der Waals surface area contributed by atoms with Gasteiger partial charge in [0, 0.05) is 17.1 Å². The van der Waals surface area contributed by atoms with Gasteiger partial charge >= 0.3 is 0 Å². The van der Waals surface area contributed by atoms with Crippen molar-refractivity contribution in [1.82, 2.24) is 4.90 Å². The van der Waals surface area contributed by atoms with Gasteiger partial charge in [-0.25, -0.2) is 0 Å². The fraction of sp³-hybridized carbons (Fsp3) is 0.333. The zero-order valence-corrected chi connectivity index (χ0v) is 15.9. The number of carbonyl (C=O) groups is 1. The summed E-state index contributed by atoms with van der Waals surface area (Å²) in [4.78, 5) is 14.4. The van der Waals surface area contributed by atoms with Crippen LogP contribution in [-0.2, 0) is 9.53 Å². The van der Waals surface area contributed by atoms with Crippen LogP contribution in [0.3, 0.4) is 0 Å². The van der Waals surface area contributed by atoms with Crippen LogP contribution in [0.15, 0.2) is 21.5 Å². The molecule has 0 radical (unpaired) electrons. The Bertz CT molecular complexity index is 663. The van der Waals surface area contributed by atoms with Crippen molar-refractivity contribution in [3.05, 3.63) is 27.1 Å². The van der Waals surface area contributed by atoms with Crippen molar-refractivity contribution in [2.75, 3.05) is 26.9 Å². The molecule has 1 aliphatic rings. The lowest BCUT2D eigenvalue weighted by molar-refractivity contribution is -0.122. The van der Waals surface area contributed by atoms with E-state index in [0.29, 0.717) is 40.3 Å². The number of thioether (sulfide) groups is 1. The van der Waals surface area contributed by atoms with E-state index >= 15 is 0 Å². The molecule has 2 rings (SSSR count). The van der Waals surface area contributed by atoms with Crippen LogP contribution in [0, 0.1) is 0 Å². The van der Waals surface area contributed by atoms with Gasteiger partial charge in [-0.05, 0) is 25.1 Å². The van der Waals surface area contributed by atoms with Crippen molar-refractivity contribution in [2.45, 2.75) is 6.92 Å². The lowest BCUT2D eigenvalue weighted by Gasteiger charge is -2.13. The molecule has 0 bridgehead atoms. The van der Waals surface area contributed by atoms with E-state index in [-0.39, 0.29) is 11.7 Å². The van der Waals surface area contributed by atoms with Gasteiger partial charge < -0.3 is 14.6 Å². The van der Waals surface area contributed by atoms with Crippen LogP contribution in [0.4, 0.5) is 0 Å². The van der Waals surface area contributed by atoms with Gasteiger partial charge in [0.05, 0.1) is 24.7 Å². The molecule has 1 N–H and O–H groups in total. The number of carbonyl (C=O) groups excluding carboxylic acids is 1. The summed E-state index contributed by atoms with van der Waals surface area (Å²) in [6.45, 7) is 3.09. The van der Waals surface area contributed by atoms with E-state index < -0.39 is 0 Å². The first-order valence-corrected chi connectivity index (χ1v) is 8.89. The van der Waals surface area contributed by atoms with Crippen molar-refractivity contribution < 1.29 is 19.4 Å². The number of aromatic hydroxyl groups is 1. The number of phenolic OH excluding ortho intramolecular Hbond substituents is 1. The Kier molecular flexibility index (Phi) is 6.46. The summed E-state index contributed by atoms with van der Waals surface area (Å²) in [5.74, 6) is 0.176. The molecule has 0 saturated carbocycles. The van der Waals surface area contributed by atoms with Gasteiger partial charge in [0.1, 0.15) is 4.32 Å². The number of hydrogen-bond donors (Lipinski definition) is 1. The molecule has 1 aliphatic heterocycles. The molecule has 1 amide bonds. The molecule has 1 saturated heterocycles. The second kappa shape index (κ2) is 8.14. The third-order valence-electron chi connectivity index (χ3n) is 3.05. The fourth-order valence-corrected chi connectivity index (χ4v) is 3.74. The Morgan fingerprint density at radius 2 is 2.22 bits per heavy atom. The molecule has 0 unspecified atom stereocenters. The molecule has 1 heterocycles. The number of thiocarbonyl (C=S) groups is 1. The number of amides is 1. The first kappa shape index (κ1) is 18.3. The Balaban J connectivity index is 2.32. The zero-order chi connectivity index (χ0) is 17.0. The maximum absolute atomic E-state index is 12.4. The molecule has 1 fully saturated rings. The van der Waals surface area contributed by atoms with Crippen LogP contribution < -0.4 is 4.74 Å². The number of ether oxygens (including phenoxy) is 2. The third-order valence-corrected chi connectivity index (χ3v) is 4.88. The molecule has 1 aromatic carbocycles. The highest BCUT2D eigenvalue weighted by Gasteiger charge is 2.31. The molecule has 0 aliphatic carbocycles. The van der Waals surface area contributed by atoms with Gasteiger partial charge in [0.2, 0.25) is 0 Å². The van der Waals surface area contributed by atoms with E-state index in [1.165, 1.54) is 16.7 Å². The topological polar surface area (TPSA) is 59.0 Å². The van der Waals surface area contributed by atoms with Crippen LogP contribution in [0.5, 0.6) is 11.5 Å². The van der Waals surface area contributed by atoms with Gasteiger partial charge in [0.25, 0.3) is 5.91 Å². The van der Waals surface area contributed by atoms with Gasteiger partial charge in [-0.1, -0.05) is 39.9 Å². The first-order chi connectivity index (χ1) is 11.0. The molecule has 23 heavy (non-hydrogen) atoms. The molecule has 1 aromatic rings. The number of methoxy groups -OCH3 is 1. The first-order valence-electron chi connectivity index (χ1n) is 6.87. The second-order valence-corrected chi connectivity index (χ2v) is 7.19. The lowest BCUT2D eigenvalue weighted by atomic mass is 10.1. The second-order valence-electron chi connectivity index (χ2n) is 4.60. The summed E-state index contributed by atoms with van der Waals surface area (Å²) in [6.07, 6.45) is 1.62. The van der Waals surface area contributed by atoms with E-state index in [2.05, 4.69) is 15.9 Å². The van der Waals surface area contributed by atoms with Gasteiger partial charge in [-0.3, -0.25) is 9.69 Å². The predicted molar refractivity (Wildman–Crippen MR) is 98.7 cm³/mol. The van der Waals surface area contributed by atoms with E-state index in [4.69, 9.17) is 21.7 Å². The van der Waals surface area contributed by atoms with Crippen LogP contribution in [0.25, 0.3) is 6.08 Å². The third kappa shape index (κ3) is 4.26. The number of benzene rings is 1. The highest BCUT2D eigenvalue weighted by Crippen LogP contribution is 2.38. The Hall–Kier alpha value is -1.09. The SMILES string of the molecule is CCOc1cc(Br)cc(C=C2SC(=S)N(CCOC)C2=O)c1O. The monoisotopic (exact) mass is 417 g/mol. The minimum Gasteiger partial charge on any atom is -0.504 e. The number of rotatable bonds is 6. The molecule has 8 heteroatoms. The molecule has 0 atom stereocenters. The van der Waals surface area contributed by atoms with Gasteiger partial charge in [0.15, 0.2) is 11.5 Å². The Morgan fingerprint density at radius 3 is 2.87 bits per heavy atom. The van der Waals surface area contributed by atoms with Crippen molar-refractivity contribution in [2.24, 2.45) is 0 Å². The minimum absolute atomic E-state index is 0.00258. The van der Waals surface area contributed by atoms with E-state index in [1.54, 1.807) is 25.3 Å². The van der Waals surface area contributed by atoms with Crippen molar-refractivity contribution in [3.63, 3.8) is 0 Å². The summed E-state index contributed by atoms with van der Waals surface area (Å²) >= 11 is 9.81. The number of nitrogens with zero attached hydrogens (tertiary/aromatic N) is 1. The average molecular weight is 418 g/mol. The standard InChI is InChI=1S/C15H16BrNO4S2/c1-3-21-11-8-10(16)6-9(13(11)18)7-12-14(19)17(4-5-20-2)15(22)23-12/h6-8,18H,3-5H2,1-2H3. The van der Waals surface area contributed by atoms with Crippen LogP contribution >= 0.6 is 39.9 Å². The largest absolute Gasteiger partial charge is 0.504 e. The predicted octanol–water partition coefficient (Wildman–Crippen LogP) is 3.40. The minimum atomic E-state index is -0.186.